The first-order valence-electron chi connectivity index (χ1n) is 12.2. The average molecular weight is 490 g/mol. The summed E-state index contributed by atoms with van der Waals surface area (Å²) in [7, 11) is 1.59. The predicted octanol–water partition coefficient (Wildman–Crippen LogP) is 4.41. The van der Waals surface area contributed by atoms with Gasteiger partial charge >= 0.3 is 11.9 Å². The number of dihydropyridines is 1. The maximum Gasteiger partial charge on any atom is 0.336 e. The molecular formula is C29H31NO6. The monoisotopic (exact) mass is 489 g/mol. The number of esters is 2. The Hall–Kier alpha value is -3.87. The fourth-order valence-corrected chi connectivity index (χ4v) is 5.16. The van der Waals surface area contributed by atoms with E-state index in [0.29, 0.717) is 34.7 Å². The molecule has 0 saturated carbocycles. The van der Waals surface area contributed by atoms with E-state index >= 15 is 0 Å². The number of carbonyl (C=O) groups is 3. The fraction of sp³-hybridized carbons (Fsp3) is 0.345. The Morgan fingerprint density at radius 1 is 0.944 bits per heavy atom. The summed E-state index contributed by atoms with van der Waals surface area (Å²) in [4.78, 5) is 40.5. The van der Waals surface area contributed by atoms with Gasteiger partial charge in [-0.05, 0) is 50.5 Å². The molecule has 2 aliphatic rings. The van der Waals surface area contributed by atoms with E-state index in [4.69, 9.17) is 14.2 Å². The summed E-state index contributed by atoms with van der Waals surface area (Å²) >= 11 is 0. The number of nitrogens with one attached hydrogen (secondary N) is 1. The number of rotatable bonds is 7. The number of hydrogen-bond acceptors (Lipinski definition) is 7. The molecule has 36 heavy (non-hydrogen) atoms. The predicted molar refractivity (Wildman–Crippen MR) is 134 cm³/mol. The highest BCUT2D eigenvalue weighted by atomic mass is 16.5. The molecule has 0 saturated heterocycles. The van der Waals surface area contributed by atoms with Crippen LogP contribution in [0.5, 0.6) is 5.75 Å². The molecule has 0 radical (unpaired) electrons. The largest absolute Gasteiger partial charge is 0.497 e. The first-order valence-corrected chi connectivity index (χ1v) is 12.2. The maximum absolute atomic E-state index is 14.2. The van der Waals surface area contributed by atoms with Crippen LogP contribution in [0.25, 0.3) is 0 Å². The van der Waals surface area contributed by atoms with Crippen LogP contribution in [0.2, 0.25) is 0 Å². The number of methoxy groups -OCH3 is 1. The van der Waals surface area contributed by atoms with Gasteiger partial charge in [-0.25, -0.2) is 4.79 Å². The van der Waals surface area contributed by atoms with Gasteiger partial charge in [0.2, 0.25) is 0 Å². The summed E-state index contributed by atoms with van der Waals surface area (Å²) in [6, 6.07) is 16.8. The molecule has 7 nitrogen and oxygen atoms in total. The zero-order chi connectivity index (χ0) is 25.8. The molecule has 4 rings (SSSR count). The second-order valence-electron chi connectivity index (χ2n) is 8.80. The molecule has 1 aliphatic heterocycles. The second kappa shape index (κ2) is 10.8. The van der Waals surface area contributed by atoms with Gasteiger partial charge in [0.1, 0.15) is 11.7 Å². The molecule has 7 heteroatoms. The van der Waals surface area contributed by atoms with Crippen LogP contribution in [0.3, 0.4) is 0 Å². The third kappa shape index (κ3) is 4.65. The highest BCUT2D eigenvalue weighted by molar-refractivity contribution is 6.13. The van der Waals surface area contributed by atoms with Crippen LogP contribution in [-0.4, -0.2) is 38.0 Å². The van der Waals surface area contributed by atoms with Crippen molar-refractivity contribution in [1.82, 2.24) is 5.32 Å². The van der Waals surface area contributed by atoms with E-state index in [1.165, 1.54) is 0 Å². The Labute approximate surface area is 211 Å². The Morgan fingerprint density at radius 3 is 2.22 bits per heavy atom. The minimum absolute atomic E-state index is 0.164. The van der Waals surface area contributed by atoms with E-state index in [0.717, 1.165) is 11.1 Å². The van der Waals surface area contributed by atoms with Crippen LogP contribution in [0.1, 0.15) is 50.2 Å². The van der Waals surface area contributed by atoms with Crippen molar-refractivity contribution in [3.05, 3.63) is 88.3 Å². The lowest BCUT2D eigenvalue weighted by Gasteiger charge is -2.39. The van der Waals surface area contributed by atoms with Crippen molar-refractivity contribution in [2.24, 2.45) is 5.92 Å². The van der Waals surface area contributed by atoms with Gasteiger partial charge in [0.05, 0.1) is 25.9 Å². The Kier molecular flexibility index (Phi) is 7.58. The Balaban J connectivity index is 1.87. The quantitative estimate of drug-likeness (QED) is 0.455. The summed E-state index contributed by atoms with van der Waals surface area (Å²) in [6.07, 6.45) is 0.410. The smallest absolute Gasteiger partial charge is 0.336 e. The van der Waals surface area contributed by atoms with Gasteiger partial charge in [-0.3, -0.25) is 9.59 Å². The van der Waals surface area contributed by atoms with Gasteiger partial charge in [-0.15, -0.1) is 0 Å². The number of carbonyl (C=O) groups excluding carboxylic acids is 3. The molecule has 1 heterocycles. The normalized spacial score (nSPS) is 21.4. The first kappa shape index (κ1) is 25.2. The highest BCUT2D eigenvalue weighted by Gasteiger charge is 2.49. The molecule has 2 aromatic carbocycles. The van der Waals surface area contributed by atoms with Crippen LogP contribution in [0, 0.1) is 5.92 Å². The Morgan fingerprint density at radius 2 is 1.61 bits per heavy atom. The summed E-state index contributed by atoms with van der Waals surface area (Å²) < 4.78 is 16.0. The minimum atomic E-state index is -1.04. The summed E-state index contributed by atoms with van der Waals surface area (Å²) in [5.74, 6) is -2.82. The third-order valence-corrected chi connectivity index (χ3v) is 6.73. The van der Waals surface area contributed by atoms with Crippen LogP contribution >= 0.6 is 0 Å². The molecule has 0 fully saturated rings. The van der Waals surface area contributed by atoms with Crippen LogP contribution < -0.4 is 10.1 Å². The van der Waals surface area contributed by atoms with Crippen molar-refractivity contribution in [2.75, 3.05) is 20.3 Å². The first-order chi connectivity index (χ1) is 17.4. The summed E-state index contributed by atoms with van der Waals surface area (Å²) in [5.41, 5.74) is 3.76. The fourth-order valence-electron chi connectivity index (χ4n) is 5.16. The van der Waals surface area contributed by atoms with E-state index in [1.54, 1.807) is 21.0 Å². The second-order valence-corrected chi connectivity index (χ2v) is 8.80. The van der Waals surface area contributed by atoms with E-state index < -0.39 is 29.7 Å². The van der Waals surface area contributed by atoms with Gasteiger partial charge < -0.3 is 19.5 Å². The zero-order valence-corrected chi connectivity index (χ0v) is 21.0. The molecule has 1 N–H and O–H groups in total. The van der Waals surface area contributed by atoms with Crippen molar-refractivity contribution in [3.8, 4) is 5.75 Å². The molecule has 3 unspecified atom stereocenters. The van der Waals surface area contributed by atoms with Crippen LogP contribution in [0.15, 0.2) is 77.1 Å². The lowest BCUT2D eigenvalue weighted by atomic mass is 9.67. The maximum atomic E-state index is 14.2. The van der Waals surface area contributed by atoms with Gasteiger partial charge in [0, 0.05) is 28.8 Å². The summed E-state index contributed by atoms with van der Waals surface area (Å²) in [5, 5.41) is 3.31. The molecule has 0 bridgehead atoms. The molecular weight excluding hydrogens is 458 g/mol. The van der Waals surface area contributed by atoms with E-state index in [-0.39, 0.29) is 19.0 Å². The van der Waals surface area contributed by atoms with Gasteiger partial charge in [0.15, 0.2) is 5.78 Å². The van der Waals surface area contributed by atoms with Crippen LogP contribution in [-0.2, 0) is 23.9 Å². The molecule has 3 atom stereocenters. The average Bonchev–Trinajstić information content (AvgIpc) is 2.88. The number of hydrogen-bond donors (Lipinski definition) is 1. The molecule has 0 aromatic heterocycles. The minimum Gasteiger partial charge on any atom is -0.497 e. The lowest BCUT2D eigenvalue weighted by molar-refractivity contribution is -0.152. The molecule has 2 aromatic rings. The van der Waals surface area contributed by atoms with Crippen molar-refractivity contribution >= 4 is 17.7 Å². The van der Waals surface area contributed by atoms with Crippen molar-refractivity contribution < 1.29 is 28.6 Å². The lowest BCUT2D eigenvalue weighted by Crippen LogP contribution is -2.43. The van der Waals surface area contributed by atoms with E-state index in [9.17, 15) is 14.4 Å². The Bertz CT molecular complexity index is 1210. The van der Waals surface area contributed by atoms with Crippen molar-refractivity contribution in [1.29, 1.82) is 0 Å². The van der Waals surface area contributed by atoms with Crippen molar-refractivity contribution in [2.45, 2.75) is 39.0 Å². The zero-order valence-electron chi connectivity index (χ0n) is 21.0. The number of ketones is 1. The summed E-state index contributed by atoms with van der Waals surface area (Å²) in [6.45, 7) is 5.65. The van der Waals surface area contributed by atoms with E-state index in [2.05, 4.69) is 5.32 Å². The topological polar surface area (TPSA) is 90.9 Å². The van der Waals surface area contributed by atoms with E-state index in [1.807, 2.05) is 61.5 Å². The standard InChI is InChI=1S/C29H31NO6/c1-5-35-28(32)23-17(3)30-22-16-21(18-12-14-20(34-4)15-13-18)25(29(33)36-6-2)27(31)26(22)24(23)19-10-8-7-9-11-19/h7-15,21,24-25,30H,5-6,16H2,1-4H3. The van der Waals surface area contributed by atoms with Gasteiger partial charge in [-0.2, -0.15) is 0 Å². The van der Waals surface area contributed by atoms with Gasteiger partial charge in [0.25, 0.3) is 0 Å². The number of allylic oxidation sites excluding steroid dienone is 3. The molecule has 0 amide bonds. The molecule has 188 valence electrons. The van der Waals surface area contributed by atoms with Crippen LogP contribution in [0.4, 0.5) is 0 Å². The number of ether oxygens (including phenoxy) is 3. The third-order valence-electron chi connectivity index (χ3n) is 6.73. The number of Topliss-reactive ketones (excluding diaryl/α,β-unsaturated/α-hetero) is 1. The number of benzene rings is 2. The highest BCUT2D eigenvalue weighted by Crippen LogP contribution is 2.48. The van der Waals surface area contributed by atoms with Crippen molar-refractivity contribution in [3.63, 3.8) is 0 Å². The SMILES string of the molecule is CCOC(=O)C1=C(C)NC2=C(C(=O)C(C(=O)OCC)C(c3ccc(OC)cc3)C2)C1c1ccccc1. The molecule has 1 aliphatic carbocycles. The van der Waals surface area contributed by atoms with Gasteiger partial charge in [-0.1, -0.05) is 42.5 Å². The molecule has 0 spiro atoms.